The SMILES string of the molecule is CN=C(NCc1ccnn1C)NC1CCN(C(=O)C2CCCC2)C1. The number of nitrogens with one attached hydrogen (secondary N) is 2. The Morgan fingerprint density at radius 2 is 2.17 bits per heavy atom. The van der Waals surface area contributed by atoms with Crippen LogP contribution < -0.4 is 10.6 Å². The molecular formula is C17H28N6O. The van der Waals surface area contributed by atoms with Crippen LogP contribution in [0.5, 0.6) is 0 Å². The van der Waals surface area contributed by atoms with E-state index in [1.165, 1.54) is 12.8 Å². The molecule has 0 spiro atoms. The maximum absolute atomic E-state index is 12.5. The van der Waals surface area contributed by atoms with E-state index in [-0.39, 0.29) is 12.0 Å². The van der Waals surface area contributed by atoms with Crippen molar-refractivity contribution in [1.29, 1.82) is 0 Å². The summed E-state index contributed by atoms with van der Waals surface area (Å²) in [6, 6.07) is 2.26. The number of aromatic nitrogens is 2. The topological polar surface area (TPSA) is 74.6 Å². The molecule has 1 atom stereocenters. The number of nitrogens with zero attached hydrogens (tertiary/aromatic N) is 4. The summed E-state index contributed by atoms with van der Waals surface area (Å²) in [5.74, 6) is 1.40. The van der Waals surface area contributed by atoms with Crippen molar-refractivity contribution < 1.29 is 4.79 Å². The predicted molar refractivity (Wildman–Crippen MR) is 93.5 cm³/mol. The summed E-state index contributed by atoms with van der Waals surface area (Å²) in [5, 5.41) is 10.9. The number of hydrogen-bond donors (Lipinski definition) is 2. The highest BCUT2D eigenvalue weighted by Gasteiger charge is 2.32. The fourth-order valence-electron chi connectivity index (χ4n) is 3.65. The van der Waals surface area contributed by atoms with E-state index >= 15 is 0 Å². The van der Waals surface area contributed by atoms with E-state index in [0.29, 0.717) is 12.5 Å². The maximum Gasteiger partial charge on any atom is 0.225 e. The van der Waals surface area contributed by atoms with Gasteiger partial charge in [-0.1, -0.05) is 12.8 Å². The van der Waals surface area contributed by atoms with Gasteiger partial charge in [0.15, 0.2) is 5.96 Å². The first-order chi connectivity index (χ1) is 11.7. The molecule has 7 nitrogen and oxygen atoms in total. The van der Waals surface area contributed by atoms with Gasteiger partial charge in [-0.2, -0.15) is 5.10 Å². The van der Waals surface area contributed by atoms with Crippen molar-refractivity contribution in [3.05, 3.63) is 18.0 Å². The van der Waals surface area contributed by atoms with E-state index in [1.807, 2.05) is 22.7 Å². The van der Waals surface area contributed by atoms with Gasteiger partial charge in [0.2, 0.25) is 5.91 Å². The smallest absolute Gasteiger partial charge is 0.225 e. The van der Waals surface area contributed by atoms with Gasteiger partial charge in [-0.05, 0) is 25.3 Å². The number of hydrogen-bond acceptors (Lipinski definition) is 3. The van der Waals surface area contributed by atoms with Crippen molar-refractivity contribution in [3.8, 4) is 0 Å². The molecule has 132 valence electrons. The van der Waals surface area contributed by atoms with Gasteiger partial charge in [-0.3, -0.25) is 14.5 Å². The molecule has 2 fully saturated rings. The van der Waals surface area contributed by atoms with Crippen molar-refractivity contribution in [2.75, 3.05) is 20.1 Å². The number of guanidine groups is 1. The zero-order valence-electron chi connectivity index (χ0n) is 14.7. The Labute approximate surface area is 143 Å². The van der Waals surface area contributed by atoms with Crippen LogP contribution in [0.1, 0.15) is 37.8 Å². The van der Waals surface area contributed by atoms with Gasteiger partial charge in [0, 0.05) is 45.3 Å². The number of carbonyl (C=O) groups excluding carboxylic acids is 1. The lowest BCUT2D eigenvalue weighted by Gasteiger charge is -2.21. The molecule has 1 aromatic heterocycles. The van der Waals surface area contributed by atoms with E-state index in [1.54, 1.807) is 13.2 Å². The van der Waals surface area contributed by atoms with Crippen LogP contribution in [0.3, 0.4) is 0 Å². The van der Waals surface area contributed by atoms with E-state index in [9.17, 15) is 4.79 Å². The number of rotatable bonds is 4. The van der Waals surface area contributed by atoms with Gasteiger partial charge >= 0.3 is 0 Å². The minimum absolute atomic E-state index is 0.269. The average Bonchev–Trinajstić information content (AvgIpc) is 3.33. The van der Waals surface area contributed by atoms with Crippen molar-refractivity contribution in [2.24, 2.45) is 18.0 Å². The molecule has 24 heavy (non-hydrogen) atoms. The van der Waals surface area contributed by atoms with Gasteiger partial charge in [-0.25, -0.2) is 0 Å². The predicted octanol–water partition coefficient (Wildman–Crippen LogP) is 0.876. The van der Waals surface area contributed by atoms with Crippen LogP contribution in [-0.2, 0) is 18.4 Å². The van der Waals surface area contributed by atoms with Crippen LogP contribution in [0.15, 0.2) is 17.3 Å². The minimum atomic E-state index is 0.269. The summed E-state index contributed by atoms with van der Waals surface area (Å²) in [6.07, 6.45) is 7.32. The molecule has 3 rings (SSSR count). The molecule has 2 heterocycles. The molecule has 1 aliphatic carbocycles. The highest BCUT2D eigenvalue weighted by molar-refractivity contribution is 5.81. The van der Waals surface area contributed by atoms with Crippen LogP contribution in [0.2, 0.25) is 0 Å². The third-order valence-corrected chi connectivity index (χ3v) is 5.13. The minimum Gasteiger partial charge on any atom is -0.352 e. The van der Waals surface area contributed by atoms with Crippen LogP contribution >= 0.6 is 0 Å². The number of likely N-dealkylation sites (tertiary alicyclic amines) is 1. The second-order valence-corrected chi connectivity index (χ2v) is 6.77. The first kappa shape index (κ1) is 16.8. The van der Waals surface area contributed by atoms with Gasteiger partial charge in [0.05, 0.1) is 12.2 Å². The van der Waals surface area contributed by atoms with Crippen LogP contribution in [0, 0.1) is 5.92 Å². The van der Waals surface area contributed by atoms with Crippen molar-refractivity contribution in [3.63, 3.8) is 0 Å². The Morgan fingerprint density at radius 1 is 1.38 bits per heavy atom. The third kappa shape index (κ3) is 3.88. The quantitative estimate of drug-likeness (QED) is 0.634. The number of aliphatic imine (C=N–C) groups is 1. The normalized spacial score (nSPS) is 22.2. The Hall–Kier alpha value is -2.05. The lowest BCUT2D eigenvalue weighted by Crippen LogP contribution is -2.45. The van der Waals surface area contributed by atoms with Gasteiger partial charge in [-0.15, -0.1) is 0 Å². The first-order valence-electron chi connectivity index (χ1n) is 8.90. The second kappa shape index (κ2) is 7.68. The number of carbonyl (C=O) groups is 1. The van der Waals surface area contributed by atoms with Crippen LogP contribution in [0.25, 0.3) is 0 Å². The fourth-order valence-corrected chi connectivity index (χ4v) is 3.65. The summed E-state index contributed by atoms with van der Waals surface area (Å²) in [5.41, 5.74) is 1.10. The Bertz CT molecular complexity index is 590. The van der Waals surface area contributed by atoms with E-state index in [0.717, 1.165) is 44.0 Å². The number of amides is 1. The first-order valence-corrected chi connectivity index (χ1v) is 8.90. The molecule has 0 bridgehead atoms. The molecule has 0 aromatic carbocycles. The van der Waals surface area contributed by atoms with Gasteiger partial charge in [0.25, 0.3) is 0 Å². The summed E-state index contributed by atoms with van der Waals surface area (Å²) < 4.78 is 1.85. The maximum atomic E-state index is 12.5. The van der Waals surface area contributed by atoms with Crippen LogP contribution in [-0.4, -0.2) is 52.7 Å². The number of aryl methyl sites for hydroxylation is 1. The highest BCUT2D eigenvalue weighted by Crippen LogP contribution is 2.27. The van der Waals surface area contributed by atoms with Gasteiger partial charge in [0.1, 0.15) is 0 Å². The Morgan fingerprint density at radius 3 is 2.83 bits per heavy atom. The van der Waals surface area contributed by atoms with E-state index in [2.05, 4.69) is 20.7 Å². The molecule has 7 heteroatoms. The van der Waals surface area contributed by atoms with Gasteiger partial charge < -0.3 is 15.5 Å². The largest absolute Gasteiger partial charge is 0.352 e. The lowest BCUT2D eigenvalue weighted by molar-refractivity contribution is -0.134. The standard InChI is InChI=1S/C17H28N6O/c1-18-17(19-11-15-7-9-20-22(15)2)21-14-8-10-23(12-14)16(24)13-5-3-4-6-13/h7,9,13-14H,3-6,8,10-12H2,1-2H3,(H2,18,19,21). The zero-order valence-corrected chi connectivity index (χ0v) is 14.7. The third-order valence-electron chi connectivity index (χ3n) is 5.13. The molecule has 2 N–H and O–H groups in total. The van der Waals surface area contributed by atoms with E-state index < -0.39 is 0 Å². The summed E-state index contributed by atoms with van der Waals surface area (Å²) in [7, 11) is 3.70. The molecule has 2 aliphatic rings. The molecule has 1 aliphatic heterocycles. The summed E-state index contributed by atoms with van der Waals surface area (Å²) in [6.45, 7) is 2.31. The van der Waals surface area contributed by atoms with Crippen molar-refractivity contribution in [1.82, 2.24) is 25.3 Å². The lowest BCUT2D eigenvalue weighted by atomic mass is 10.1. The molecule has 1 saturated heterocycles. The molecular weight excluding hydrogens is 304 g/mol. The van der Waals surface area contributed by atoms with Crippen LogP contribution in [0.4, 0.5) is 0 Å². The zero-order chi connectivity index (χ0) is 16.9. The molecule has 1 amide bonds. The monoisotopic (exact) mass is 332 g/mol. The molecule has 1 aromatic rings. The molecule has 1 unspecified atom stereocenters. The molecule has 0 radical (unpaired) electrons. The highest BCUT2D eigenvalue weighted by atomic mass is 16.2. The van der Waals surface area contributed by atoms with Crippen molar-refractivity contribution in [2.45, 2.75) is 44.7 Å². The average molecular weight is 332 g/mol. The summed E-state index contributed by atoms with van der Waals surface area (Å²) >= 11 is 0. The second-order valence-electron chi connectivity index (χ2n) is 6.77. The summed E-state index contributed by atoms with van der Waals surface area (Å²) in [4.78, 5) is 18.8. The Balaban J connectivity index is 1.46. The van der Waals surface area contributed by atoms with Crippen molar-refractivity contribution >= 4 is 11.9 Å². The fraction of sp³-hybridized carbons (Fsp3) is 0.706. The Kier molecular flexibility index (Phi) is 5.37. The molecule has 1 saturated carbocycles. The van der Waals surface area contributed by atoms with E-state index in [4.69, 9.17) is 0 Å².